The minimum absolute atomic E-state index is 0.00648. The van der Waals surface area contributed by atoms with Gasteiger partial charge in [0.2, 0.25) is 23.6 Å². The summed E-state index contributed by atoms with van der Waals surface area (Å²) in [6.45, 7) is 15.2. The van der Waals surface area contributed by atoms with E-state index in [2.05, 4.69) is 61.9 Å². The molecule has 8 aromatic carbocycles. The lowest BCUT2D eigenvalue weighted by Crippen LogP contribution is -2.55. The molecule has 12 atom stereocenters. The number of likely N-dealkylation sites (tertiary alicyclic amines) is 1. The predicted octanol–water partition coefficient (Wildman–Crippen LogP) is 20.5. The maximum Gasteiger partial charge on any atom is 0.416 e. The highest BCUT2D eigenvalue weighted by molar-refractivity contribution is 7.99. The van der Waals surface area contributed by atoms with Crippen LogP contribution in [0.15, 0.2) is 206 Å². The number of hydrogen-bond donors (Lipinski definition) is 4. The van der Waals surface area contributed by atoms with Gasteiger partial charge in [-0.15, -0.1) is 0 Å². The van der Waals surface area contributed by atoms with Crippen LogP contribution in [0.5, 0.6) is 0 Å². The summed E-state index contributed by atoms with van der Waals surface area (Å²) in [5.41, 5.74) is 3.96. The zero-order valence-corrected chi connectivity index (χ0v) is 86.5. The third kappa shape index (κ3) is 34.6. The van der Waals surface area contributed by atoms with Crippen LogP contribution in [-0.4, -0.2) is 256 Å². The largest absolute Gasteiger partial charge is 0.416 e. The number of halogens is 12. The number of ether oxygens (including phenoxy) is 2. The zero-order valence-electron chi connectivity index (χ0n) is 84.9. The first-order chi connectivity index (χ1) is 70.8. The van der Waals surface area contributed by atoms with E-state index in [0.717, 1.165) is 219 Å². The normalized spacial score (nSPS) is 21.7. The van der Waals surface area contributed by atoms with Crippen molar-refractivity contribution >= 4 is 70.6 Å². The van der Waals surface area contributed by atoms with Gasteiger partial charge >= 0.3 is 18.5 Å². The maximum atomic E-state index is 13.3. The van der Waals surface area contributed by atoms with Crippen LogP contribution < -0.4 is 21.3 Å². The van der Waals surface area contributed by atoms with E-state index in [1.807, 2.05) is 91.6 Å². The van der Waals surface area contributed by atoms with E-state index in [0.29, 0.717) is 124 Å². The Hall–Kier alpha value is -10.8. The van der Waals surface area contributed by atoms with E-state index in [-0.39, 0.29) is 82.2 Å². The van der Waals surface area contributed by atoms with Crippen molar-refractivity contribution < 1.29 is 96.1 Å². The molecule has 16 rings (SSSR count). The summed E-state index contributed by atoms with van der Waals surface area (Å²) in [6.07, 6.45) is 4.08. The molecule has 8 aromatic rings. The summed E-state index contributed by atoms with van der Waals surface area (Å²) in [6, 6.07) is 50.0. The van der Waals surface area contributed by atoms with Gasteiger partial charge in [0, 0.05) is 138 Å². The molecule has 148 heavy (non-hydrogen) atoms. The fourth-order valence-electron chi connectivity index (χ4n) is 20.1. The van der Waals surface area contributed by atoms with Gasteiger partial charge in [0.25, 0.3) is 23.6 Å². The number of amides is 8. The van der Waals surface area contributed by atoms with E-state index < -0.39 is 71.2 Å². The number of alkyl halides is 9. The van der Waals surface area contributed by atoms with Crippen molar-refractivity contribution in [3.05, 3.63) is 284 Å². The number of thioether (sulfide) groups is 1. The number of hydrogen-bond acceptors (Lipinski definition) is 14. The number of benzene rings is 8. The maximum absolute atomic E-state index is 13.3. The molecule has 8 amide bonds. The van der Waals surface area contributed by atoms with Crippen LogP contribution >= 0.6 is 23.4 Å². The second-order valence-corrected chi connectivity index (χ2v) is 42.9. The Morgan fingerprint density at radius 1 is 0.372 bits per heavy atom. The third-order valence-corrected chi connectivity index (χ3v) is 31.4. The highest BCUT2D eigenvalue weighted by Gasteiger charge is 2.52. The molecule has 4 heterocycles. The molecule has 4 unspecified atom stereocenters. The number of likely N-dealkylation sites (N-methyl/N-ethyl adjacent to an activating group) is 3. The van der Waals surface area contributed by atoms with E-state index in [9.17, 15) is 86.7 Å². The molecule has 8 fully saturated rings. The van der Waals surface area contributed by atoms with Crippen molar-refractivity contribution in [1.82, 2.24) is 55.6 Å². The average molecular weight is 2100 g/mol. The minimum Gasteiger partial charge on any atom is -0.379 e. The Kier molecular flexibility index (Phi) is 41.5. The van der Waals surface area contributed by atoms with Gasteiger partial charge in [-0.25, -0.2) is 8.78 Å². The van der Waals surface area contributed by atoms with Gasteiger partial charge in [-0.2, -0.15) is 51.3 Å². The van der Waals surface area contributed by atoms with Crippen molar-refractivity contribution in [2.45, 2.75) is 196 Å². The molecule has 4 N–H and O–H groups in total. The van der Waals surface area contributed by atoms with Gasteiger partial charge in [0.05, 0.1) is 29.9 Å². The smallest absolute Gasteiger partial charge is 0.379 e. The topological polar surface area (TPSA) is 226 Å². The summed E-state index contributed by atoms with van der Waals surface area (Å²) < 4.78 is 154. The van der Waals surface area contributed by atoms with Crippen LogP contribution in [0.3, 0.4) is 0 Å². The Balaban J connectivity index is 0.000000165. The third-order valence-electron chi connectivity index (χ3n) is 30.0. The van der Waals surface area contributed by atoms with E-state index in [1.165, 1.54) is 47.5 Å². The molecule has 21 nitrogen and oxygen atoms in total. The lowest BCUT2D eigenvalue weighted by atomic mass is 9.94. The summed E-state index contributed by atoms with van der Waals surface area (Å²) >= 11 is 7.70. The first-order valence-corrected chi connectivity index (χ1v) is 53.3. The summed E-state index contributed by atoms with van der Waals surface area (Å²) in [4.78, 5) is 118. The Morgan fingerprint density at radius 3 is 1.08 bits per heavy atom. The lowest BCUT2D eigenvalue weighted by Gasteiger charge is -2.34. The molecule has 0 aromatic heterocycles. The van der Waals surface area contributed by atoms with Crippen molar-refractivity contribution in [1.29, 1.82) is 0 Å². The molecule has 0 spiro atoms. The highest BCUT2D eigenvalue weighted by Crippen LogP contribution is 2.63. The molecule has 800 valence electrons. The van der Waals surface area contributed by atoms with Gasteiger partial charge in [0.1, 0.15) is 35.8 Å². The van der Waals surface area contributed by atoms with Crippen LogP contribution in [0, 0.1) is 34.3 Å². The second-order valence-electron chi connectivity index (χ2n) is 41.3. The molecule has 4 aliphatic carbocycles. The van der Waals surface area contributed by atoms with Crippen molar-refractivity contribution in [2.24, 2.45) is 22.7 Å². The molecule has 0 bridgehead atoms. The number of unbranched alkanes of at least 4 members (excludes halogenated alkanes) is 2. The number of nitrogens with one attached hydrogen (secondary N) is 4. The standard InChI is InChI=1S/C30H37ClF3N3O2.C29H35F3N2O2S.C28H33F4N3O3.C27H34FN3O3/c1-29(20-25(29)21-9-13-24(31)14-10-21)15-5-3-4-6-26(28(39)37-18-16-36(2)17-19-37)35-27(38)22-7-11-23(12-8-22)30(32,33)34;1-28(19-24(28)21-11-13-23(14-12-21)29(30,31)32)15-8-18-37-20-25(27(36)34-16-6-3-7-17-34)33-26(35)22-9-4-2-5-10-22;1-34-12-14-35(15-13-34)27(37)25(33-26(36)20-4-8-22(9-5-20)28(30,31)32)18-38-16-2-3-21-17-24(21)19-6-10-23(29)11-7-19;1-30-13-15-31(16-14-30)27(33)25(29-26(32)21-6-3-2-4-7-21)19-34-17-5-8-22-18-24(22)20-9-11-23(28)12-10-20/h7-14,25-26H,3-6,15-20H2,1-2H3,(H,35,38);2,4-5,9-14,24-25H,3,6-8,15-20H2,1H3,(H,33,35);4-11,21,24-25H,2-3,12-18H2,1H3,(H,33,36);2-4,6-7,9-12,22,24-25H,5,8,13-19H2,1H3,(H,29,32)/t25-,26-,29?;24-,25-,28?;21?,24-,25-;22?,24-,25-/m0000/s1. The van der Waals surface area contributed by atoms with Gasteiger partial charge in [-0.05, 0) is 313 Å². The SMILES string of the molecule is CC1(CCCSC[C@H](NC(=O)c2ccccc2)C(=O)N2CCCCC2)C[C@H]1c1ccc(C(F)(F)F)cc1.CN1CCN(C(=O)[C@H](CCCCCC2(C)C[C@H]2c2ccc(Cl)cc2)NC(=O)c2ccc(C(F)(F)F)cc2)CC1.CN1CCN(C(=O)[C@H](COCCCC2C[C@H]2c2ccc(F)cc2)NC(=O)c2ccc(C(F)(F)F)cc2)CC1.CN1CCN(C(=O)[C@H](COCCCC2C[C@H]2c2ccc(F)cc2)NC(=O)c2ccccc2)CC1. The molecule has 4 saturated carbocycles. The molecule has 4 saturated heterocycles. The Morgan fingerprint density at radius 2 is 0.696 bits per heavy atom. The molecule has 4 aliphatic heterocycles. The molecular formula is C114H139ClF11N11O10S. The number of piperidine rings is 1. The monoisotopic (exact) mass is 2100 g/mol. The minimum atomic E-state index is -4.50. The van der Waals surface area contributed by atoms with Crippen LogP contribution in [0.2, 0.25) is 5.02 Å². The first-order valence-electron chi connectivity index (χ1n) is 51.8. The molecule has 34 heteroatoms. The van der Waals surface area contributed by atoms with Gasteiger partial charge in [-0.3, -0.25) is 38.4 Å². The van der Waals surface area contributed by atoms with Crippen molar-refractivity contribution in [2.75, 3.05) is 151 Å². The number of carbonyl (C=O) groups is 8. The second kappa shape index (κ2) is 53.8. The Bertz CT molecular complexity index is 5590. The first kappa shape index (κ1) is 114. The van der Waals surface area contributed by atoms with Crippen LogP contribution in [0.25, 0.3) is 0 Å². The summed E-state index contributed by atoms with van der Waals surface area (Å²) in [5.74, 6) is 1.69. The van der Waals surface area contributed by atoms with Gasteiger partial charge in [-0.1, -0.05) is 130 Å². The fourth-order valence-corrected chi connectivity index (χ4v) is 21.2. The van der Waals surface area contributed by atoms with Gasteiger partial charge < -0.3 is 65.0 Å². The fraction of sp³-hybridized carbons (Fsp3) is 0.509. The number of rotatable bonds is 40. The average Bonchev–Trinajstić information content (AvgIpc) is 1.60. The molecule has 8 aliphatic rings. The number of nitrogens with zero attached hydrogens (tertiary/aromatic N) is 7. The molecular weight excluding hydrogens is 1960 g/mol. The van der Waals surface area contributed by atoms with Crippen LogP contribution in [-0.2, 0) is 47.2 Å². The van der Waals surface area contributed by atoms with Crippen LogP contribution in [0.4, 0.5) is 48.3 Å². The van der Waals surface area contributed by atoms with E-state index in [4.69, 9.17) is 21.1 Å². The number of piperazine rings is 3. The van der Waals surface area contributed by atoms with Crippen molar-refractivity contribution in [3.63, 3.8) is 0 Å². The van der Waals surface area contributed by atoms with E-state index >= 15 is 0 Å². The molecule has 0 radical (unpaired) electrons. The number of carbonyl (C=O) groups excluding carboxylic acids is 8. The van der Waals surface area contributed by atoms with Gasteiger partial charge in [0.15, 0.2) is 0 Å². The summed E-state index contributed by atoms with van der Waals surface area (Å²) in [5, 5.41) is 12.1. The van der Waals surface area contributed by atoms with Crippen molar-refractivity contribution in [3.8, 4) is 0 Å². The highest BCUT2D eigenvalue weighted by atomic mass is 35.5. The lowest BCUT2D eigenvalue weighted by molar-refractivity contribution is -0.138. The Labute approximate surface area is 870 Å². The quantitative estimate of drug-likeness (QED) is 0.0207. The zero-order chi connectivity index (χ0) is 106. The van der Waals surface area contributed by atoms with Crippen LogP contribution in [0.1, 0.15) is 233 Å². The van der Waals surface area contributed by atoms with E-state index in [1.54, 1.807) is 70.1 Å². The predicted molar refractivity (Wildman–Crippen MR) is 552 cm³/mol. The summed E-state index contributed by atoms with van der Waals surface area (Å²) in [7, 11) is 6.01.